The summed E-state index contributed by atoms with van der Waals surface area (Å²) in [6.07, 6.45) is 7.51. The fourth-order valence-electron chi connectivity index (χ4n) is 4.75. The average molecular weight is 390 g/mol. The second-order valence-corrected chi connectivity index (χ2v) is 8.23. The smallest absolute Gasteiger partial charge is 0.226 e. The predicted molar refractivity (Wildman–Crippen MR) is 111 cm³/mol. The second-order valence-electron chi connectivity index (χ2n) is 8.23. The summed E-state index contributed by atoms with van der Waals surface area (Å²) in [6, 6.07) is 10.6. The number of hydrogen-bond acceptors (Lipinski definition) is 5. The van der Waals surface area contributed by atoms with Gasteiger partial charge in [0.1, 0.15) is 12.1 Å². The normalized spacial score (nSPS) is 21.8. The first-order valence-corrected chi connectivity index (χ1v) is 10.4. The van der Waals surface area contributed by atoms with Crippen LogP contribution in [0.25, 0.3) is 5.65 Å². The number of aryl methyl sites for hydroxylation is 2. The van der Waals surface area contributed by atoms with Crippen molar-refractivity contribution in [2.75, 3.05) is 24.5 Å². The van der Waals surface area contributed by atoms with Gasteiger partial charge in [-0.15, -0.1) is 10.2 Å². The number of aromatic nitrogens is 4. The first-order valence-electron chi connectivity index (χ1n) is 10.4. The number of hydrogen-bond donors (Lipinski definition) is 0. The molecule has 0 N–H and O–H groups in total. The Kier molecular flexibility index (Phi) is 4.66. The van der Waals surface area contributed by atoms with E-state index in [4.69, 9.17) is 0 Å². The minimum atomic E-state index is 0.144. The lowest BCUT2D eigenvalue weighted by molar-refractivity contribution is -0.132. The van der Waals surface area contributed by atoms with Gasteiger partial charge in [0.25, 0.3) is 0 Å². The Morgan fingerprint density at radius 1 is 1.17 bits per heavy atom. The molecule has 2 saturated heterocycles. The van der Waals surface area contributed by atoms with E-state index in [1.54, 1.807) is 6.33 Å². The lowest BCUT2D eigenvalue weighted by Crippen LogP contribution is -2.51. The quantitative estimate of drug-likeness (QED) is 0.670. The summed E-state index contributed by atoms with van der Waals surface area (Å²) in [6.45, 7) is 4.60. The molecule has 5 heterocycles. The number of anilines is 1. The van der Waals surface area contributed by atoms with E-state index in [9.17, 15) is 4.79 Å². The van der Waals surface area contributed by atoms with Crippen LogP contribution in [0, 0.1) is 12.8 Å². The molecule has 0 unspecified atom stereocenters. The molecule has 0 spiro atoms. The van der Waals surface area contributed by atoms with Crippen molar-refractivity contribution in [2.45, 2.75) is 38.6 Å². The van der Waals surface area contributed by atoms with Crippen LogP contribution in [0.3, 0.4) is 0 Å². The van der Waals surface area contributed by atoms with Crippen LogP contribution in [-0.2, 0) is 11.2 Å². The Morgan fingerprint density at radius 3 is 2.97 bits per heavy atom. The third-order valence-electron chi connectivity index (χ3n) is 6.29. The van der Waals surface area contributed by atoms with Crippen LogP contribution in [0.2, 0.25) is 0 Å². The molecule has 2 aliphatic heterocycles. The number of piperazine rings is 1. The Bertz CT molecular complexity index is 1010. The Morgan fingerprint density at radius 2 is 2.10 bits per heavy atom. The summed E-state index contributed by atoms with van der Waals surface area (Å²) in [7, 11) is 0. The van der Waals surface area contributed by atoms with E-state index in [1.165, 1.54) is 11.3 Å². The molecular formula is C22H26N6O. The molecule has 2 aliphatic rings. The first-order chi connectivity index (χ1) is 14.2. The molecule has 1 amide bonds. The van der Waals surface area contributed by atoms with E-state index in [2.05, 4.69) is 50.1 Å². The predicted octanol–water partition coefficient (Wildman–Crippen LogP) is 2.49. The molecule has 29 heavy (non-hydrogen) atoms. The number of carbonyl (C=O) groups is 1. The highest BCUT2D eigenvalue weighted by molar-refractivity contribution is 5.82. The van der Waals surface area contributed by atoms with Gasteiger partial charge in [0.2, 0.25) is 5.91 Å². The van der Waals surface area contributed by atoms with Gasteiger partial charge in [-0.2, -0.15) is 0 Å². The fraction of sp³-hybridized carbons (Fsp3) is 0.455. The Hall–Kier alpha value is -2.96. The third-order valence-corrected chi connectivity index (χ3v) is 6.29. The number of fused-ring (bicyclic) bond motifs is 2. The van der Waals surface area contributed by atoms with Gasteiger partial charge in [0, 0.05) is 37.4 Å². The molecule has 7 nitrogen and oxygen atoms in total. The SMILES string of the molecule is Cc1ccc(N2CCN3C(=O)[C@@H](CCCc4cccc5nncn45)C[C@H]3C2)nc1. The van der Waals surface area contributed by atoms with Gasteiger partial charge in [-0.3, -0.25) is 9.20 Å². The van der Waals surface area contributed by atoms with Crippen molar-refractivity contribution in [3.05, 3.63) is 54.1 Å². The van der Waals surface area contributed by atoms with Crippen molar-refractivity contribution in [1.29, 1.82) is 0 Å². The highest BCUT2D eigenvalue weighted by Crippen LogP contribution is 2.32. The molecule has 7 heteroatoms. The summed E-state index contributed by atoms with van der Waals surface area (Å²) < 4.78 is 2.03. The van der Waals surface area contributed by atoms with Crippen molar-refractivity contribution in [2.24, 2.45) is 5.92 Å². The number of amides is 1. The number of nitrogens with zero attached hydrogens (tertiary/aromatic N) is 6. The van der Waals surface area contributed by atoms with Gasteiger partial charge >= 0.3 is 0 Å². The summed E-state index contributed by atoms with van der Waals surface area (Å²) in [4.78, 5) is 21.9. The minimum absolute atomic E-state index is 0.144. The Labute approximate surface area is 170 Å². The second kappa shape index (κ2) is 7.46. The fourth-order valence-corrected chi connectivity index (χ4v) is 4.75. The zero-order valence-electron chi connectivity index (χ0n) is 16.7. The van der Waals surface area contributed by atoms with Crippen molar-refractivity contribution in [3.63, 3.8) is 0 Å². The van der Waals surface area contributed by atoms with Gasteiger partial charge in [0.05, 0.1) is 6.04 Å². The molecule has 2 fully saturated rings. The monoisotopic (exact) mass is 390 g/mol. The van der Waals surface area contributed by atoms with Gasteiger partial charge < -0.3 is 9.80 Å². The van der Waals surface area contributed by atoms with Crippen LogP contribution in [0.1, 0.15) is 30.5 Å². The summed E-state index contributed by atoms with van der Waals surface area (Å²) in [5, 5.41) is 8.09. The van der Waals surface area contributed by atoms with E-state index in [-0.39, 0.29) is 5.92 Å². The third kappa shape index (κ3) is 3.45. The lowest BCUT2D eigenvalue weighted by atomic mass is 9.97. The maximum Gasteiger partial charge on any atom is 0.226 e. The van der Waals surface area contributed by atoms with Gasteiger partial charge in [-0.1, -0.05) is 12.1 Å². The zero-order chi connectivity index (χ0) is 19.8. The zero-order valence-corrected chi connectivity index (χ0v) is 16.7. The minimum Gasteiger partial charge on any atom is -0.353 e. The molecule has 0 saturated carbocycles. The van der Waals surface area contributed by atoms with E-state index in [1.807, 2.05) is 22.7 Å². The first kappa shape index (κ1) is 18.1. The molecule has 2 atom stereocenters. The van der Waals surface area contributed by atoms with Gasteiger partial charge in [-0.25, -0.2) is 4.98 Å². The molecule has 5 rings (SSSR count). The Balaban J connectivity index is 1.19. The van der Waals surface area contributed by atoms with Crippen LogP contribution < -0.4 is 4.90 Å². The molecule has 0 aliphatic carbocycles. The molecular weight excluding hydrogens is 364 g/mol. The van der Waals surface area contributed by atoms with Crippen LogP contribution in [0.15, 0.2) is 42.9 Å². The number of pyridine rings is 2. The topological polar surface area (TPSA) is 66.6 Å². The summed E-state index contributed by atoms with van der Waals surface area (Å²) in [5.74, 6) is 1.51. The van der Waals surface area contributed by atoms with Crippen molar-refractivity contribution >= 4 is 17.4 Å². The molecule has 0 bridgehead atoms. The van der Waals surface area contributed by atoms with Crippen LogP contribution >= 0.6 is 0 Å². The van der Waals surface area contributed by atoms with E-state index in [0.717, 1.165) is 56.8 Å². The average Bonchev–Trinajstić information content (AvgIpc) is 3.34. The van der Waals surface area contributed by atoms with E-state index >= 15 is 0 Å². The van der Waals surface area contributed by atoms with Crippen LogP contribution in [0.5, 0.6) is 0 Å². The van der Waals surface area contributed by atoms with Crippen molar-refractivity contribution < 1.29 is 4.79 Å². The molecule has 0 radical (unpaired) electrons. The largest absolute Gasteiger partial charge is 0.353 e. The van der Waals surface area contributed by atoms with Crippen molar-refractivity contribution in [1.82, 2.24) is 24.5 Å². The summed E-state index contributed by atoms with van der Waals surface area (Å²) >= 11 is 0. The van der Waals surface area contributed by atoms with Crippen LogP contribution in [0.4, 0.5) is 5.82 Å². The van der Waals surface area contributed by atoms with Crippen molar-refractivity contribution in [3.8, 4) is 0 Å². The van der Waals surface area contributed by atoms with Gasteiger partial charge in [-0.05, 0) is 56.4 Å². The molecule has 0 aromatic carbocycles. The molecule has 150 valence electrons. The summed E-state index contributed by atoms with van der Waals surface area (Å²) in [5.41, 5.74) is 3.25. The highest BCUT2D eigenvalue weighted by Gasteiger charge is 2.42. The molecule has 3 aromatic rings. The van der Waals surface area contributed by atoms with E-state index in [0.29, 0.717) is 11.9 Å². The maximum absolute atomic E-state index is 12.9. The maximum atomic E-state index is 12.9. The van der Waals surface area contributed by atoms with Crippen LogP contribution in [-0.4, -0.2) is 56.1 Å². The highest BCUT2D eigenvalue weighted by atomic mass is 16.2. The lowest BCUT2D eigenvalue weighted by Gasteiger charge is -2.38. The standard InChI is InChI=1S/C22H26N6O/c1-16-8-9-20(23-13-16)26-10-11-27-19(14-26)12-17(22(27)29)4-2-5-18-6-3-7-21-25-24-15-28(18)21/h3,6-9,13,15,17,19H,2,4-5,10-12,14H2,1H3/t17-,19-/m0/s1. The molecule has 3 aromatic heterocycles. The van der Waals surface area contributed by atoms with E-state index < -0.39 is 0 Å². The van der Waals surface area contributed by atoms with Gasteiger partial charge in [0.15, 0.2) is 5.65 Å². The number of rotatable bonds is 5. The number of carbonyl (C=O) groups excluding carboxylic acids is 1.